The van der Waals surface area contributed by atoms with Gasteiger partial charge in [-0.2, -0.15) is 0 Å². The third-order valence-corrected chi connectivity index (χ3v) is 5.29. The van der Waals surface area contributed by atoms with E-state index >= 15 is 0 Å². The number of amides is 1. The van der Waals surface area contributed by atoms with Crippen LogP contribution in [0, 0.1) is 13.8 Å². The van der Waals surface area contributed by atoms with Gasteiger partial charge in [0.2, 0.25) is 5.91 Å². The fraction of sp³-hybridized carbons (Fsp3) is 0.391. The molecule has 1 aliphatic heterocycles. The van der Waals surface area contributed by atoms with E-state index in [9.17, 15) is 14.7 Å². The smallest absolute Gasteiger partial charge is 0.335 e. The van der Waals surface area contributed by atoms with Gasteiger partial charge in [0.05, 0.1) is 5.56 Å². The molecule has 3 rings (SSSR count). The molecule has 1 saturated heterocycles. The maximum Gasteiger partial charge on any atom is 0.335 e. The van der Waals surface area contributed by atoms with Gasteiger partial charge >= 0.3 is 5.97 Å². The molecule has 28 heavy (non-hydrogen) atoms. The van der Waals surface area contributed by atoms with Crippen LogP contribution in [0.5, 0.6) is 5.75 Å². The number of aryl methyl sites for hydroxylation is 3. The maximum atomic E-state index is 12.6. The quantitative estimate of drug-likeness (QED) is 0.821. The van der Waals surface area contributed by atoms with Crippen LogP contribution >= 0.6 is 0 Å². The number of carbonyl (C=O) groups excluding carboxylic acids is 1. The van der Waals surface area contributed by atoms with Gasteiger partial charge in [-0.05, 0) is 49.1 Å². The summed E-state index contributed by atoms with van der Waals surface area (Å²) in [6.45, 7) is 5.45. The second kappa shape index (κ2) is 8.91. The van der Waals surface area contributed by atoms with Crippen LogP contribution in [0.25, 0.3) is 0 Å². The highest BCUT2D eigenvalue weighted by molar-refractivity contribution is 5.89. The van der Waals surface area contributed by atoms with Gasteiger partial charge < -0.3 is 14.7 Å². The van der Waals surface area contributed by atoms with E-state index in [0.717, 1.165) is 24.2 Å². The summed E-state index contributed by atoms with van der Waals surface area (Å²) in [5.41, 5.74) is 3.28. The van der Waals surface area contributed by atoms with Crippen LogP contribution < -0.4 is 4.74 Å². The van der Waals surface area contributed by atoms with Crippen molar-refractivity contribution in [1.82, 2.24) is 4.90 Å². The third-order valence-electron chi connectivity index (χ3n) is 5.29. The summed E-state index contributed by atoms with van der Waals surface area (Å²) in [4.78, 5) is 25.7. The van der Waals surface area contributed by atoms with Crippen molar-refractivity contribution in [2.75, 3.05) is 13.1 Å². The molecule has 1 N–H and O–H groups in total. The SMILES string of the molecule is Cc1ccc(C)c(OC2CCN(C(=O)CCc3ccccc3C(=O)O)CC2)c1. The van der Waals surface area contributed by atoms with Gasteiger partial charge in [-0.15, -0.1) is 0 Å². The molecule has 5 nitrogen and oxygen atoms in total. The molecule has 0 aliphatic carbocycles. The third kappa shape index (κ3) is 4.91. The van der Waals surface area contributed by atoms with Crippen molar-refractivity contribution in [2.45, 2.75) is 45.6 Å². The minimum Gasteiger partial charge on any atom is -0.490 e. The summed E-state index contributed by atoms with van der Waals surface area (Å²) in [5.74, 6) is 0.0490. The molecule has 0 radical (unpaired) electrons. The number of carboxylic acids is 1. The van der Waals surface area contributed by atoms with Gasteiger partial charge in [-0.1, -0.05) is 30.3 Å². The number of ether oxygens (including phenoxy) is 1. The molecule has 0 spiro atoms. The van der Waals surface area contributed by atoms with Gasteiger partial charge in [0.15, 0.2) is 0 Å². The number of aromatic carboxylic acids is 1. The number of hydrogen-bond donors (Lipinski definition) is 1. The molecule has 5 heteroatoms. The van der Waals surface area contributed by atoms with E-state index in [4.69, 9.17) is 4.74 Å². The largest absolute Gasteiger partial charge is 0.490 e. The van der Waals surface area contributed by atoms with E-state index < -0.39 is 5.97 Å². The summed E-state index contributed by atoms with van der Waals surface area (Å²) in [6, 6.07) is 13.1. The molecular formula is C23H27NO4. The number of carboxylic acid groups (broad SMARTS) is 1. The average Bonchev–Trinajstić information content (AvgIpc) is 2.69. The highest BCUT2D eigenvalue weighted by Gasteiger charge is 2.24. The minimum absolute atomic E-state index is 0.0744. The zero-order chi connectivity index (χ0) is 20.1. The van der Waals surface area contributed by atoms with Gasteiger partial charge in [-0.25, -0.2) is 4.79 Å². The predicted octanol–water partition coefficient (Wildman–Crippen LogP) is 4.00. The molecule has 1 aliphatic rings. The Morgan fingerprint density at radius 2 is 1.82 bits per heavy atom. The first-order valence-electron chi connectivity index (χ1n) is 9.77. The highest BCUT2D eigenvalue weighted by Crippen LogP contribution is 2.24. The van der Waals surface area contributed by atoms with Crippen LogP contribution in [-0.2, 0) is 11.2 Å². The van der Waals surface area contributed by atoms with Crippen molar-refractivity contribution in [1.29, 1.82) is 0 Å². The Morgan fingerprint density at radius 3 is 2.54 bits per heavy atom. The Bertz CT molecular complexity index is 853. The lowest BCUT2D eigenvalue weighted by Crippen LogP contribution is -2.42. The van der Waals surface area contributed by atoms with Crippen molar-refractivity contribution in [2.24, 2.45) is 0 Å². The van der Waals surface area contributed by atoms with Gasteiger partial charge in [0, 0.05) is 32.4 Å². The molecule has 0 unspecified atom stereocenters. The number of hydrogen-bond acceptors (Lipinski definition) is 3. The summed E-state index contributed by atoms with van der Waals surface area (Å²) < 4.78 is 6.16. The zero-order valence-corrected chi connectivity index (χ0v) is 16.5. The van der Waals surface area contributed by atoms with E-state index in [2.05, 4.69) is 25.1 Å². The lowest BCUT2D eigenvalue weighted by atomic mass is 10.0. The maximum absolute atomic E-state index is 12.6. The predicted molar refractivity (Wildman–Crippen MR) is 108 cm³/mol. The van der Waals surface area contributed by atoms with Gasteiger partial charge in [0.1, 0.15) is 11.9 Å². The minimum atomic E-state index is -0.951. The zero-order valence-electron chi connectivity index (χ0n) is 16.5. The molecular weight excluding hydrogens is 354 g/mol. The second-order valence-corrected chi connectivity index (χ2v) is 7.43. The molecule has 0 atom stereocenters. The molecule has 1 amide bonds. The van der Waals surface area contributed by atoms with E-state index in [0.29, 0.717) is 31.5 Å². The summed E-state index contributed by atoms with van der Waals surface area (Å²) in [6.07, 6.45) is 2.51. The molecule has 1 heterocycles. The van der Waals surface area contributed by atoms with E-state index in [1.807, 2.05) is 17.9 Å². The first kappa shape index (κ1) is 19.9. The normalized spacial score (nSPS) is 14.7. The van der Waals surface area contributed by atoms with Crippen molar-refractivity contribution in [3.63, 3.8) is 0 Å². The Morgan fingerprint density at radius 1 is 1.11 bits per heavy atom. The second-order valence-electron chi connectivity index (χ2n) is 7.43. The van der Waals surface area contributed by atoms with Crippen LogP contribution in [0.3, 0.4) is 0 Å². The molecule has 0 saturated carbocycles. The summed E-state index contributed by atoms with van der Waals surface area (Å²) in [7, 11) is 0. The van der Waals surface area contributed by atoms with E-state index in [1.54, 1.807) is 18.2 Å². The number of carbonyl (C=O) groups is 2. The number of benzene rings is 2. The topological polar surface area (TPSA) is 66.8 Å². The van der Waals surface area contributed by atoms with Crippen molar-refractivity contribution in [3.8, 4) is 5.75 Å². The molecule has 1 fully saturated rings. The van der Waals surface area contributed by atoms with E-state index in [-0.39, 0.29) is 17.6 Å². The number of piperidine rings is 1. The van der Waals surface area contributed by atoms with Crippen LogP contribution in [0.15, 0.2) is 42.5 Å². The van der Waals surface area contributed by atoms with Crippen molar-refractivity contribution in [3.05, 3.63) is 64.7 Å². The fourth-order valence-electron chi connectivity index (χ4n) is 3.58. The van der Waals surface area contributed by atoms with E-state index in [1.165, 1.54) is 5.56 Å². The van der Waals surface area contributed by atoms with Gasteiger partial charge in [0.25, 0.3) is 0 Å². The van der Waals surface area contributed by atoms with Crippen LogP contribution in [0.2, 0.25) is 0 Å². The van der Waals surface area contributed by atoms with Gasteiger partial charge in [-0.3, -0.25) is 4.79 Å². The Labute approximate surface area is 165 Å². The summed E-state index contributed by atoms with van der Waals surface area (Å²) in [5, 5.41) is 9.26. The molecule has 0 bridgehead atoms. The lowest BCUT2D eigenvalue weighted by molar-refractivity contribution is -0.132. The Hall–Kier alpha value is -2.82. The summed E-state index contributed by atoms with van der Waals surface area (Å²) >= 11 is 0. The van der Waals surface area contributed by atoms with Crippen molar-refractivity contribution >= 4 is 11.9 Å². The fourth-order valence-corrected chi connectivity index (χ4v) is 3.58. The molecule has 148 valence electrons. The molecule has 2 aromatic rings. The van der Waals surface area contributed by atoms with Crippen molar-refractivity contribution < 1.29 is 19.4 Å². The number of rotatable bonds is 6. The van der Waals surface area contributed by atoms with Crippen LogP contribution in [0.1, 0.15) is 46.3 Å². The van der Waals surface area contributed by atoms with Crippen LogP contribution in [0.4, 0.5) is 0 Å². The average molecular weight is 381 g/mol. The highest BCUT2D eigenvalue weighted by atomic mass is 16.5. The number of nitrogens with zero attached hydrogens (tertiary/aromatic N) is 1. The molecule has 0 aromatic heterocycles. The Kier molecular flexibility index (Phi) is 6.34. The first-order chi connectivity index (χ1) is 13.4. The monoisotopic (exact) mass is 381 g/mol. The standard InChI is InChI=1S/C23H27NO4/c1-16-7-8-17(2)21(15-16)28-19-11-13-24(14-12-19)22(25)10-9-18-5-3-4-6-20(18)23(26)27/h3-8,15,19H,9-14H2,1-2H3,(H,26,27). The number of likely N-dealkylation sites (tertiary alicyclic amines) is 1. The Balaban J connectivity index is 1.50. The van der Waals surface area contributed by atoms with Crippen LogP contribution in [-0.4, -0.2) is 41.1 Å². The first-order valence-corrected chi connectivity index (χ1v) is 9.77. The molecule has 2 aromatic carbocycles. The lowest BCUT2D eigenvalue weighted by Gasteiger charge is -2.32.